The van der Waals surface area contributed by atoms with Gasteiger partial charge in [-0.25, -0.2) is 19.5 Å². The van der Waals surface area contributed by atoms with Gasteiger partial charge < -0.3 is 55.8 Å². The molecule has 0 spiro atoms. The number of nitrogens with zero attached hydrogens (tertiary/aromatic N) is 6. The number of piperidine rings is 1. The molecule has 1 aliphatic heterocycles. The van der Waals surface area contributed by atoms with Crippen molar-refractivity contribution in [3.05, 3.63) is 119 Å². The summed E-state index contributed by atoms with van der Waals surface area (Å²) in [6.45, 7) is 7.56. The first-order valence-corrected chi connectivity index (χ1v) is 23.3. The minimum absolute atomic E-state index is 0.0409. The van der Waals surface area contributed by atoms with Crippen LogP contribution >= 0.6 is 0 Å². The van der Waals surface area contributed by atoms with Crippen molar-refractivity contribution in [1.82, 2.24) is 19.4 Å². The van der Waals surface area contributed by atoms with E-state index in [1.54, 1.807) is 54.6 Å². The highest BCUT2D eigenvalue weighted by Crippen LogP contribution is 2.42. The van der Waals surface area contributed by atoms with Gasteiger partial charge in [-0.05, 0) is 115 Å². The molecule has 19 nitrogen and oxygen atoms in total. The molecule has 8 rings (SSSR count). The summed E-state index contributed by atoms with van der Waals surface area (Å²) in [5.74, 6) is 0.905. The van der Waals surface area contributed by atoms with Crippen LogP contribution in [0, 0.1) is 18.3 Å². The number of carbonyl (C=O) groups excluding carboxylic acids is 3. The number of primary amides is 1. The lowest BCUT2D eigenvalue weighted by Gasteiger charge is -2.32. The highest BCUT2D eigenvalue weighted by Gasteiger charge is 2.28. The monoisotopic (exact) mass is 978 g/mol. The van der Waals surface area contributed by atoms with E-state index in [4.69, 9.17) is 41.6 Å². The lowest BCUT2D eigenvalue weighted by atomic mass is 9.93. The zero-order valence-electron chi connectivity index (χ0n) is 40.9. The molecule has 0 saturated carbocycles. The second-order valence-corrected chi connectivity index (χ2v) is 18.0. The Morgan fingerprint density at radius 3 is 2.18 bits per heavy atom. The fourth-order valence-corrected chi connectivity index (χ4v) is 9.32. The van der Waals surface area contributed by atoms with Crippen molar-refractivity contribution < 1.29 is 43.5 Å². The third kappa shape index (κ3) is 9.99. The first kappa shape index (κ1) is 49.7. The number of aromatic nitrogens is 3. The minimum Gasteiger partial charge on any atom is -0.508 e. The average Bonchev–Trinajstić information content (AvgIpc) is 3.76. The number of phenols is 2. The topological polar surface area (TPSA) is 271 Å². The predicted molar refractivity (Wildman–Crippen MR) is 276 cm³/mol. The van der Waals surface area contributed by atoms with E-state index in [-0.39, 0.29) is 58.8 Å². The molecule has 5 aromatic carbocycles. The summed E-state index contributed by atoms with van der Waals surface area (Å²) in [5.41, 5.74) is 22.7. The number of amides is 4. The maximum atomic E-state index is 14.2. The number of nitrogen functional groups attached to an aromatic ring is 2. The lowest BCUT2D eigenvalue weighted by molar-refractivity contribution is 0.0685. The molecule has 3 heterocycles. The lowest BCUT2D eigenvalue weighted by Crippen LogP contribution is -2.41. The van der Waals surface area contributed by atoms with Crippen LogP contribution in [0.4, 0.5) is 32.7 Å². The van der Waals surface area contributed by atoms with Gasteiger partial charge in [-0.15, -0.1) is 0 Å². The SMILES string of the molecule is COc1cc(N(Cc2ccc3nc(N)nc(N)c3c2C)C(=O)Oc2ccc(C(=O)N3CCC(CCn4ccc5cc(N(C(=N)c6cc(C(C)C)c(O)cc6O)C(N)=O)ccc54)CC3)cc2)cc(OC)c1OC. The number of hydrogen-bond donors (Lipinski definition) is 6. The minimum atomic E-state index is -0.891. The van der Waals surface area contributed by atoms with Crippen LogP contribution in [0.3, 0.4) is 0 Å². The Morgan fingerprint density at radius 2 is 1.54 bits per heavy atom. The van der Waals surface area contributed by atoms with Gasteiger partial charge >= 0.3 is 12.1 Å². The molecule has 0 bridgehead atoms. The third-order valence-electron chi connectivity index (χ3n) is 13.3. The molecule has 0 radical (unpaired) electrons. The van der Waals surface area contributed by atoms with E-state index < -0.39 is 12.1 Å². The molecule has 7 aromatic rings. The molecule has 0 atom stereocenters. The standard InChI is InChI=1S/C53H58N10O9/c1-29(2)38-26-39(43(65)27-42(38)64)49(55)63(52(57)67)35-10-14-41-33(23-35)18-22-60(41)19-15-31-16-20-61(21-17-31)50(66)32-7-11-37(12-8-32)72-53(68)62(36-24-44(69-4)47(71-6)45(25-36)70-5)28-34-9-13-40-46(30(34)3)48(54)59-51(56)58-40/h7-14,18,22-27,29,31,55,64-65H,15-17,19-21,28H2,1-6H3,(H2,57,67)(H4,54,56,58,59). The van der Waals surface area contributed by atoms with Gasteiger partial charge in [0.25, 0.3) is 5.91 Å². The van der Waals surface area contributed by atoms with Gasteiger partial charge in [0, 0.05) is 65.9 Å². The summed E-state index contributed by atoms with van der Waals surface area (Å²) in [4.78, 5) is 53.5. The molecule has 1 fully saturated rings. The summed E-state index contributed by atoms with van der Waals surface area (Å²) in [6.07, 6.45) is 3.79. The number of urea groups is 1. The number of likely N-dealkylation sites (tertiary alicyclic amines) is 1. The second kappa shape index (κ2) is 20.7. The number of fused-ring (bicyclic) bond motifs is 2. The van der Waals surface area contributed by atoms with E-state index in [1.807, 2.05) is 50.1 Å². The van der Waals surface area contributed by atoms with Gasteiger partial charge in [0.05, 0.1) is 50.3 Å². The van der Waals surface area contributed by atoms with Crippen molar-refractivity contribution >= 4 is 68.8 Å². The Balaban J connectivity index is 0.903. The number of amidine groups is 1. The van der Waals surface area contributed by atoms with Gasteiger partial charge in [-0.3, -0.25) is 15.1 Å². The van der Waals surface area contributed by atoms with Crippen LogP contribution in [0.15, 0.2) is 91.1 Å². The fraction of sp³-hybridized carbons (Fsp3) is 0.283. The number of phenolic OH excluding ortho intramolecular Hbond substituents is 2. The molecule has 9 N–H and O–H groups in total. The van der Waals surface area contributed by atoms with E-state index in [9.17, 15) is 24.6 Å². The van der Waals surface area contributed by atoms with Crippen LogP contribution in [0.1, 0.15) is 71.6 Å². The van der Waals surface area contributed by atoms with Crippen molar-refractivity contribution in [1.29, 1.82) is 5.41 Å². The molecule has 1 saturated heterocycles. The predicted octanol–water partition coefficient (Wildman–Crippen LogP) is 8.68. The van der Waals surface area contributed by atoms with Crippen LogP contribution in [0.5, 0.6) is 34.5 Å². The molecule has 19 heteroatoms. The van der Waals surface area contributed by atoms with Crippen LogP contribution < -0.4 is 45.9 Å². The van der Waals surface area contributed by atoms with E-state index >= 15 is 0 Å². The first-order chi connectivity index (χ1) is 34.5. The number of aryl methyl sites for hydroxylation is 2. The number of carbonyl (C=O) groups is 3. The smallest absolute Gasteiger partial charge is 0.420 e. The second-order valence-electron chi connectivity index (χ2n) is 18.0. The van der Waals surface area contributed by atoms with Crippen molar-refractivity contribution in [2.24, 2.45) is 11.7 Å². The summed E-state index contributed by atoms with van der Waals surface area (Å²) < 4.78 is 24.8. The number of methoxy groups -OCH3 is 3. The van der Waals surface area contributed by atoms with E-state index in [1.165, 1.54) is 38.4 Å². The summed E-state index contributed by atoms with van der Waals surface area (Å²) in [7, 11) is 4.46. The van der Waals surface area contributed by atoms with Crippen LogP contribution in [0.25, 0.3) is 21.8 Å². The molecular weight excluding hydrogens is 921 g/mol. The van der Waals surface area contributed by atoms with Crippen LogP contribution in [0.2, 0.25) is 0 Å². The maximum absolute atomic E-state index is 14.2. The fourth-order valence-electron chi connectivity index (χ4n) is 9.32. The molecule has 2 aromatic heterocycles. The van der Waals surface area contributed by atoms with E-state index in [0.29, 0.717) is 69.7 Å². The van der Waals surface area contributed by atoms with Crippen molar-refractivity contribution in [2.45, 2.75) is 59.0 Å². The summed E-state index contributed by atoms with van der Waals surface area (Å²) in [5, 5.41) is 31.3. The maximum Gasteiger partial charge on any atom is 0.420 e. The highest BCUT2D eigenvalue weighted by molar-refractivity contribution is 6.22. The van der Waals surface area contributed by atoms with Crippen LogP contribution in [-0.2, 0) is 13.1 Å². The molecule has 374 valence electrons. The summed E-state index contributed by atoms with van der Waals surface area (Å²) in [6, 6.07) is 22.5. The quantitative estimate of drug-likeness (QED) is 0.0440. The number of rotatable bonds is 14. The number of anilines is 4. The van der Waals surface area contributed by atoms with Crippen LogP contribution in [-0.4, -0.2) is 87.9 Å². The van der Waals surface area contributed by atoms with Gasteiger partial charge in [0.15, 0.2) is 11.5 Å². The molecule has 72 heavy (non-hydrogen) atoms. The molecule has 1 aliphatic rings. The normalized spacial score (nSPS) is 12.8. The van der Waals surface area contributed by atoms with Gasteiger partial charge in [0.1, 0.15) is 28.9 Å². The molecule has 0 unspecified atom stereocenters. The van der Waals surface area contributed by atoms with Gasteiger partial charge in [-0.2, -0.15) is 4.98 Å². The Labute approximate surface area is 415 Å². The molecular formula is C53H58N10O9. The third-order valence-corrected chi connectivity index (χ3v) is 13.3. The Kier molecular flexibility index (Phi) is 14.3. The van der Waals surface area contributed by atoms with Crippen molar-refractivity contribution in [3.8, 4) is 34.5 Å². The number of aromatic hydroxyl groups is 2. The van der Waals surface area contributed by atoms with E-state index in [2.05, 4.69) is 14.5 Å². The Morgan fingerprint density at radius 1 is 0.847 bits per heavy atom. The van der Waals surface area contributed by atoms with Crippen molar-refractivity contribution in [2.75, 3.05) is 55.7 Å². The Hall–Kier alpha value is -8.74. The van der Waals surface area contributed by atoms with Crippen molar-refractivity contribution in [3.63, 3.8) is 0 Å². The number of hydrogen-bond acceptors (Lipinski definition) is 14. The summed E-state index contributed by atoms with van der Waals surface area (Å²) >= 11 is 0. The van der Waals surface area contributed by atoms with Gasteiger partial charge in [-0.1, -0.05) is 19.9 Å². The number of benzene rings is 5. The molecule has 4 amide bonds. The molecule has 0 aliphatic carbocycles. The highest BCUT2D eigenvalue weighted by atomic mass is 16.6. The first-order valence-electron chi connectivity index (χ1n) is 23.3. The number of nitrogens with one attached hydrogen (secondary N) is 1. The zero-order valence-corrected chi connectivity index (χ0v) is 40.9. The average molecular weight is 979 g/mol. The Bertz CT molecular complexity index is 3200. The number of nitrogens with two attached hydrogens (primary N) is 3. The largest absolute Gasteiger partial charge is 0.508 e. The zero-order chi connectivity index (χ0) is 51.5. The number of ether oxygens (including phenoxy) is 4. The van der Waals surface area contributed by atoms with E-state index in [0.717, 1.165) is 52.7 Å². The van der Waals surface area contributed by atoms with Gasteiger partial charge in [0.2, 0.25) is 11.7 Å².